The summed E-state index contributed by atoms with van der Waals surface area (Å²) in [5.41, 5.74) is 1.34. The number of amides is 1. The average molecular weight is 406 g/mol. The maximum atomic E-state index is 11.7. The second kappa shape index (κ2) is 8.64. The van der Waals surface area contributed by atoms with Crippen molar-refractivity contribution in [3.8, 4) is 0 Å². The van der Waals surface area contributed by atoms with Crippen LogP contribution in [0, 0.1) is 5.41 Å². The highest BCUT2D eigenvalue weighted by molar-refractivity contribution is 5.88. The zero-order valence-corrected chi connectivity index (χ0v) is 17.0. The summed E-state index contributed by atoms with van der Waals surface area (Å²) in [6.07, 6.45) is 1.11. The molecule has 2 unspecified atom stereocenters. The Kier molecular flexibility index (Phi) is 6.21. The van der Waals surface area contributed by atoms with E-state index in [4.69, 9.17) is 14.2 Å². The van der Waals surface area contributed by atoms with E-state index in [-0.39, 0.29) is 30.8 Å². The Morgan fingerprint density at radius 2 is 2.07 bits per heavy atom. The molecule has 1 saturated heterocycles. The summed E-state index contributed by atoms with van der Waals surface area (Å²) in [5.74, 6) is 0.345. The smallest absolute Gasteiger partial charge is 0.453 e. The first-order chi connectivity index (χ1) is 13.8. The van der Waals surface area contributed by atoms with Gasteiger partial charge in [0, 0.05) is 0 Å². The van der Waals surface area contributed by atoms with Crippen LogP contribution in [0.25, 0.3) is 5.52 Å². The molecule has 1 aliphatic heterocycles. The van der Waals surface area contributed by atoms with Crippen molar-refractivity contribution in [3.63, 3.8) is 0 Å². The maximum Gasteiger partial charge on any atom is 0.508 e. The number of carbonyl (C=O) groups is 2. The summed E-state index contributed by atoms with van der Waals surface area (Å²) in [7, 11) is 1.28. The lowest BCUT2D eigenvalue weighted by Crippen LogP contribution is -2.22. The molecule has 0 radical (unpaired) electrons. The Morgan fingerprint density at radius 1 is 1.28 bits per heavy atom. The minimum absolute atomic E-state index is 0.118. The van der Waals surface area contributed by atoms with Crippen LogP contribution in [0.1, 0.15) is 45.4 Å². The number of rotatable bonds is 5. The largest absolute Gasteiger partial charge is 0.508 e. The molecule has 1 amide bonds. The number of methoxy groups -OCH3 is 1. The van der Waals surface area contributed by atoms with Gasteiger partial charge in [0.1, 0.15) is 24.6 Å². The van der Waals surface area contributed by atoms with Gasteiger partial charge in [-0.25, -0.2) is 19.1 Å². The molecule has 1 N–H and O–H groups in total. The first-order valence-electron chi connectivity index (χ1n) is 9.39. The van der Waals surface area contributed by atoms with E-state index >= 15 is 0 Å². The Morgan fingerprint density at radius 3 is 2.79 bits per heavy atom. The lowest BCUT2D eigenvalue weighted by atomic mass is 9.99. The summed E-state index contributed by atoms with van der Waals surface area (Å²) < 4.78 is 22.6. The van der Waals surface area contributed by atoms with Crippen molar-refractivity contribution >= 4 is 23.6 Å². The summed E-state index contributed by atoms with van der Waals surface area (Å²) in [4.78, 5) is 27.3. The van der Waals surface area contributed by atoms with Crippen LogP contribution in [0.3, 0.4) is 0 Å². The van der Waals surface area contributed by atoms with E-state index in [1.54, 1.807) is 10.6 Å². The third-order valence-corrected chi connectivity index (χ3v) is 4.33. The summed E-state index contributed by atoms with van der Waals surface area (Å²) in [6.45, 7) is 6.35. The molecule has 10 nitrogen and oxygen atoms in total. The first-order valence-corrected chi connectivity index (χ1v) is 9.39. The molecular formula is C19H26N4O6. The summed E-state index contributed by atoms with van der Waals surface area (Å²) in [5, 5.41) is 6.81. The van der Waals surface area contributed by atoms with Gasteiger partial charge in [-0.15, -0.1) is 0 Å². The fourth-order valence-corrected chi connectivity index (χ4v) is 2.97. The second-order valence-electron chi connectivity index (χ2n) is 8.01. The molecule has 3 rings (SSSR count). The molecule has 2 aromatic heterocycles. The van der Waals surface area contributed by atoms with Crippen molar-refractivity contribution in [3.05, 3.63) is 24.2 Å². The number of hydrogen-bond donors (Lipinski definition) is 1. The Balaban J connectivity index is 1.59. The maximum absolute atomic E-state index is 11.7. The molecule has 3 heterocycles. The van der Waals surface area contributed by atoms with E-state index in [9.17, 15) is 9.59 Å². The molecule has 0 saturated carbocycles. The van der Waals surface area contributed by atoms with E-state index < -0.39 is 12.2 Å². The number of hydrogen-bond acceptors (Lipinski definition) is 8. The first kappa shape index (κ1) is 20.8. The van der Waals surface area contributed by atoms with Gasteiger partial charge in [-0.1, -0.05) is 20.8 Å². The molecule has 29 heavy (non-hydrogen) atoms. The van der Waals surface area contributed by atoms with Gasteiger partial charge in [-0.3, -0.25) is 5.32 Å². The molecule has 1 aliphatic rings. The molecule has 1 fully saturated rings. The van der Waals surface area contributed by atoms with E-state index in [0.717, 1.165) is 18.5 Å². The monoisotopic (exact) mass is 406 g/mol. The molecule has 2 atom stereocenters. The van der Waals surface area contributed by atoms with Gasteiger partial charge in [0.2, 0.25) is 0 Å². The number of carbonyl (C=O) groups excluding carboxylic acids is 2. The highest BCUT2D eigenvalue weighted by atomic mass is 16.7. The number of anilines is 1. The number of fused-ring (bicyclic) bond motifs is 1. The quantitative estimate of drug-likeness (QED) is 0.752. The lowest BCUT2D eigenvalue weighted by Gasteiger charge is -2.18. The average Bonchev–Trinajstić information content (AvgIpc) is 3.31. The second-order valence-corrected chi connectivity index (χ2v) is 8.01. The number of aromatic nitrogens is 3. The van der Waals surface area contributed by atoms with Crippen LogP contribution in [0.15, 0.2) is 18.5 Å². The third-order valence-electron chi connectivity index (χ3n) is 4.33. The SMILES string of the molecule is COC(=O)Nc1ncnn2c(C3CCC(COC(=O)OCC(C)(C)C)O3)ccc12. The highest BCUT2D eigenvalue weighted by Gasteiger charge is 2.30. The third kappa shape index (κ3) is 5.35. The van der Waals surface area contributed by atoms with Gasteiger partial charge in [0.15, 0.2) is 5.82 Å². The standard InChI is InChI=1S/C19H26N4O6/c1-19(2,3)10-28-18(25)27-9-12-5-8-15(29-12)13-6-7-14-16(22-17(24)26-4)20-11-21-23(13)14/h6-7,11-12,15H,5,8-10H2,1-4H3,(H,20,21,22,24). The predicted octanol–water partition coefficient (Wildman–Crippen LogP) is 3.33. The van der Waals surface area contributed by atoms with Crippen LogP contribution in [-0.4, -0.2) is 53.3 Å². The Labute approximate surface area is 168 Å². The molecule has 10 heteroatoms. The van der Waals surface area contributed by atoms with Gasteiger partial charge < -0.3 is 18.9 Å². The van der Waals surface area contributed by atoms with Crippen LogP contribution < -0.4 is 5.32 Å². The molecule has 0 aliphatic carbocycles. The van der Waals surface area contributed by atoms with Crippen LogP contribution in [-0.2, 0) is 18.9 Å². The van der Waals surface area contributed by atoms with Crippen molar-refractivity contribution in [2.24, 2.45) is 5.41 Å². The Hall–Kier alpha value is -2.88. The van der Waals surface area contributed by atoms with Crippen molar-refractivity contribution < 1.29 is 28.5 Å². The minimum Gasteiger partial charge on any atom is -0.453 e. The lowest BCUT2D eigenvalue weighted by molar-refractivity contribution is -0.0230. The van der Waals surface area contributed by atoms with Crippen molar-refractivity contribution in [1.29, 1.82) is 0 Å². The Bertz CT molecular complexity index is 875. The van der Waals surface area contributed by atoms with Crippen LogP contribution in [0.2, 0.25) is 0 Å². The minimum atomic E-state index is -0.689. The van der Waals surface area contributed by atoms with E-state index in [1.165, 1.54) is 13.4 Å². The normalized spacial score (nSPS) is 19.2. The number of nitrogens with zero attached hydrogens (tertiary/aromatic N) is 3. The number of nitrogens with one attached hydrogen (secondary N) is 1. The van der Waals surface area contributed by atoms with Crippen molar-refractivity contribution in [1.82, 2.24) is 14.6 Å². The van der Waals surface area contributed by atoms with E-state index in [1.807, 2.05) is 26.8 Å². The highest BCUT2D eigenvalue weighted by Crippen LogP contribution is 2.34. The van der Waals surface area contributed by atoms with Gasteiger partial charge in [0.05, 0.1) is 25.5 Å². The zero-order chi connectivity index (χ0) is 21.0. The number of ether oxygens (including phenoxy) is 4. The van der Waals surface area contributed by atoms with Gasteiger partial charge >= 0.3 is 12.2 Å². The fraction of sp³-hybridized carbons (Fsp3) is 0.579. The van der Waals surface area contributed by atoms with Crippen molar-refractivity contribution in [2.45, 2.75) is 45.8 Å². The van der Waals surface area contributed by atoms with Gasteiger partial charge in [-0.05, 0) is 30.4 Å². The van der Waals surface area contributed by atoms with Crippen LogP contribution >= 0.6 is 0 Å². The molecule has 0 spiro atoms. The molecular weight excluding hydrogens is 380 g/mol. The zero-order valence-electron chi connectivity index (χ0n) is 17.0. The molecule has 2 aromatic rings. The van der Waals surface area contributed by atoms with Gasteiger partial charge in [-0.2, -0.15) is 5.10 Å². The molecule has 0 aromatic carbocycles. The van der Waals surface area contributed by atoms with Crippen LogP contribution in [0.4, 0.5) is 15.4 Å². The van der Waals surface area contributed by atoms with E-state index in [0.29, 0.717) is 11.3 Å². The fourth-order valence-electron chi connectivity index (χ4n) is 2.97. The van der Waals surface area contributed by atoms with E-state index in [2.05, 4.69) is 20.1 Å². The molecule has 158 valence electrons. The van der Waals surface area contributed by atoms with Crippen molar-refractivity contribution in [2.75, 3.05) is 25.6 Å². The van der Waals surface area contributed by atoms with Crippen LogP contribution in [0.5, 0.6) is 0 Å². The summed E-state index contributed by atoms with van der Waals surface area (Å²) >= 11 is 0. The topological polar surface area (TPSA) is 113 Å². The predicted molar refractivity (Wildman–Crippen MR) is 103 cm³/mol. The molecule has 0 bridgehead atoms. The summed E-state index contributed by atoms with van der Waals surface area (Å²) in [6, 6.07) is 3.68. The van der Waals surface area contributed by atoms with Gasteiger partial charge in [0.25, 0.3) is 0 Å².